The molecule has 51 heavy (non-hydrogen) atoms. The Hall–Kier alpha value is -4.76. The average Bonchev–Trinajstić information content (AvgIpc) is 3.62. The van der Waals surface area contributed by atoms with Gasteiger partial charge < -0.3 is 25.9 Å². The van der Waals surface area contributed by atoms with Gasteiger partial charge in [0.2, 0.25) is 15.9 Å². The van der Waals surface area contributed by atoms with Gasteiger partial charge in [-0.15, -0.1) is 0 Å². The molecule has 1 saturated heterocycles. The molecule has 1 aliphatic rings. The molecule has 1 atom stereocenters. The predicted molar refractivity (Wildman–Crippen MR) is 193 cm³/mol. The number of fused-ring (bicyclic) bond motifs is 1. The van der Waals surface area contributed by atoms with Crippen molar-refractivity contribution < 1.29 is 32.4 Å². The molecule has 2 heterocycles. The van der Waals surface area contributed by atoms with Crippen LogP contribution in [0.3, 0.4) is 0 Å². The number of amidine groups is 1. The molecule has 2 amide bonds. The number of rotatable bonds is 13. The maximum Gasteiger partial charge on any atom is 0.332 e. The van der Waals surface area contributed by atoms with Crippen LogP contribution < -0.4 is 21.1 Å². The number of carbonyl (C=O) groups is 3. The van der Waals surface area contributed by atoms with E-state index in [9.17, 15) is 22.8 Å². The smallest absolute Gasteiger partial charge is 0.332 e. The van der Waals surface area contributed by atoms with E-state index in [0.29, 0.717) is 47.2 Å². The second-order valence-electron chi connectivity index (χ2n) is 11.7. The van der Waals surface area contributed by atoms with Crippen LogP contribution in [0.4, 0.5) is 0 Å². The van der Waals surface area contributed by atoms with Crippen molar-refractivity contribution in [2.75, 3.05) is 19.6 Å². The van der Waals surface area contributed by atoms with Gasteiger partial charge in [-0.05, 0) is 62.6 Å². The van der Waals surface area contributed by atoms with Gasteiger partial charge in [-0.3, -0.25) is 9.59 Å². The number of amides is 2. The van der Waals surface area contributed by atoms with Crippen molar-refractivity contribution in [3.05, 3.63) is 99.2 Å². The molecule has 5 rings (SSSR count). The molecule has 4 N–H and O–H groups in total. The Balaban J connectivity index is 1.16. The summed E-state index contributed by atoms with van der Waals surface area (Å²) < 4.78 is 35.0. The highest BCUT2D eigenvalue weighted by molar-refractivity contribution is 7.89. The first kappa shape index (κ1) is 37.5. The van der Waals surface area contributed by atoms with Crippen molar-refractivity contribution in [1.82, 2.24) is 19.9 Å². The number of para-hydroxylation sites is 1. The zero-order valence-corrected chi connectivity index (χ0v) is 30.1. The fourth-order valence-electron chi connectivity index (χ4n) is 5.49. The van der Waals surface area contributed by atoms with E-state index in [0.717, 1.165) is 15.4 Å². The van der Waals surface area contributed by atoms with Crippen LogP contribution in [0.2, 0.25) is 10.0 Å². The zero-order chi connectivity index (χ0) is 36.7. The molecule has 1 aliphatic heterocycles. The maximum atomic E-state index is 13.9. The van der Waals surface area contributed by atoms with E-state index in [4.69, 9.17) is 33.7 Å². The second kappa shape index (κ2) is 16.5. The number of aryl methyl sites for hydroxylation is 1. The van der Waals surface area contributed by atoms with Crippen molar-refractivity contribution in [3.63, 3.8) is 0 Å². The Labute approximate surface area is 305 Å². The highest BCUT2D eigenvalue weighted by Crippen LogP contribution is 2.36. The van der Waals surface area contributed by atoms with Crippen molar-refractivity contribution in [2.45, 2.75) is 50.7 Å². The molecule has 1 fully saturated rings. The number of carbonyl (C=O) groups excluding carboxylic acids is 3. The average molecular weight is 756 g/mol. The number of pyridine rings is 1. The van der Waals surface area contributed by atoms with Gasteiger partial charge >= 0.3 is 5.97 Å². The summed E-state index contributed by atoms with van der Waals surface area (Å²) in [6.07, 6.45) is 1.22. The molecule has 0 spiro atoms. The van der Waals surface area contributed by atoms with Crippen molar-refractivity contribution in [2.24, 2.45) is 10.9 Å². The Morgan fingerprint density at radius 2 is 1.73 bits per heavy atom. The quantitative estimate of drug-likeness (QED) is 0.0573. The highest BCUT2D eigenvalue weighted by Gasteiger charge is 2.40. The number of aromatic nitrogens is 1. The third kappa shape index (κ3) is 8.95. The molecule has 0 radical (unpaired) electrons. The monoisotopic (exact) mass is 754 g/mol. The van der Waals surface area contributed by atoms with Gasteiger partial charge in [0.15, 0.2) is 5.84 Å². The Kier molecular flexibility index (Phi) is 12.1. The molecule has 0 bridgehead atoms. The number of oxime groups is 1. The zero-order valence-electron chi connectivity index (χ0n) is 27.8. The number of halogens is 2. The first-order valence-electron chi connectivity index (χ1n) is 16.0. The molecule has 13 nitrogen and oxygen atoms in total. The van der Waals surface area contributed by atoms with Gasteiger partial charge in [-0.1, -0.05) is 58.7 Å². The van der Waals surface area contributed by atoms with E-state index >= 15 is 0 Å². The third-order valence-corrected chi connectivity index (χ3v) is 10.9. The number of hydrogen-bond acceptors (Lipinski definition) is 9. The summed E-state index contributed by atoms with van der Waals surface area (Å²) in [5.41, 5.74) is 8.36. The number of nitrogens with two attached hydrogens (primary N) is 1. The molecule has 0 saturated carbocycles. The lowest BCUT2D eigenvalue weighted by Gasteiger charge is -2.24. The summed E-state index contributed by atoms with van der Waals surface area (Å²) in [5, 5.41) is 10.1. The summed E-state index contributed by atoms with van der Waals surface area (Å²) in [7, 11) is -4.20. The Morgan fingerprint density at radius 3 is 2.47 bits per heavy atom. The van der Waals surface area contributed by atoms with Crippen LogP contribution in [0.25, 0.3) is 10.9 Å². The van der Waals surface area contributed by atoms with Gasteiger partial charge in [0, 0.05) is 59.4 Å². The normalized spacial score (nSPS) is 15.1. The van der Waals surface area contributed by atoms with Gasteiger partial charge in [0.05, 0.1) is 5.02 Å². The third-order valence-electron chi connectivity index (χ3n) is 8.09. The number of hydrogen-bond donors (Lipinski definition) is 3. The van der Waals surface area contributed by atoms with Crippen LogP contribution >= 0.6 is 23.2 Å². The van der Waals surface area contributed by atoms with E-state index in [1.807, 2.05) is 31.2 Å². The standard InChI is InChI=1S/C35H36Cl2N6O7S/c1-21-9-10-23-6-3-8-29(32(23)41-21)49-20-26-27(36)15-16-30(31(26)37)51(47,48)43-19-4-7-28(43)35(46)40-18-5-17-39-34(45)25-13-11-24(12-14-25)33(38)42-50-22(2)44/h3,6,8-16,28H,4-5,7,17-20H2,1-2H3,(H2,38,42)(H,39,45)(H,40,46)/t28-/m0/s1. The Morgan fingerprint density at radius 1 is 1.00 bits per heavy atom. The minimum atomic E-state index is -4.20. The summed E-state index contributed by atoms with van der Waals surface area (Å²) in [6, 6.07) is 17.4. The van der Waals surface area contributed by atoms with Crippen LogP contribution in [-0.4, -0.2) is 67.0 Å². The second-order valence-corrected chi connectivity index (χ2v) is 14.4. The topological polar surface area (TPSA) is 182 Å². The van der Waals surface area contributed by atoms with Gasteiger partial charge in [0.1, 0.15) is 28.8 Å². The minimum absolute atomic E-state index is 0.0158. The first-order chi connectivity index (χ1) is 24.4. The van der Waals surface area contributed by atoms with Crippen molar-refractivity contribution in [3.8, 4) is 5.75 Å². The molecule has 1 aromatic heterocycles. The lowest BCUT2D eigenvalue weighted by molar-refractivity contribution is -0.141. The van der Waals surface area contributed by atoms with Crippen LogP contribution in [0.5, 0.6) is 5.75 Å². The lowest BCUT2D eigenvalue weighted by atomic mass is 10.1. The van der Waals surface area contributed by atoms with E-state index in [1.54, 1.807) is 30.3 Å². The first-order valence-corrected chi connectivity index (χ1v) is 18.2. The minimum Gasteiger partial charge on any atom is -0.487 e. The molecule has 268 valence electrons. The van der Waals surface area contributed by atoms with Gasteiger partial charge in [-0.2, -0.15) is 4.31 Å². The molecular formula is C35H36Cl2N6O7S. The summed E-state index contributed by atoms with van der Waals surface area (Å²) in [4.78, 5) is 45.6. The van der Waals surface area contributed by atoms with Crippen molar-refractivity contribution >= 4 is 67.7 Å². The molecule has 0 unspecified atom stereocenters. The molecule has 3 aromatic carbocycles. The van der Waals surface area contributed by atoms with Gasteiger partial charge in [-0.25, -0.2) is 18.2 Å². The van der Waals surface area contributed by atoms with E-state index in [1.165, 1.54) is 19.1 Å². The molecule has 0 aliphatic carbocycles. The van der Waals surface area contributed by atoms with E-state index in [-0.39, 0.29) is 52.9 Å². The predicted octanol–water partition coefficient (Wildman–Crippen LogP) is 4.70. The van der Waals surface area contributed by atoms with Gasteiger partial charge in [0.25, 0.3) is 5.91 Å². The summed E-state index contributed by atoms with van der Waals surface area (Å²) in [5.74, 6) is -0.918. The lowest BCUT2D eigenvalue weighted by Crippen LogP contribution is -2.46. The summed E-state index contributed by atoms with van der Waals surface area (Å²) >= 11 is 13.2. The number of ether oxygens (including phenoxy) is 1. The molecular weight excluding hydrogens is 719 g/mol. The summed E-state index contributed by atoms with van der Waals surface area (Å²) in [6.45, 7) is 3.56. The fraction of sp³-hybridized carbons (Fsp3) is 0.286. The largest absolute Gasteiger partial charge is 0.487 e. The van der Waals surface area contributed by atoms with Crippen LogP contribution in [0, 0.1) is 6.92 Å². The fourth-order valence-corrected chi connectivity index (χ4v) is 8.01. The molecule has 4 aromatic rings. The number of nitrogens with one attached hydrogen (secondary N) is 2. The van der Waals surface area contributed by atoms with Crippen molar-refractivity contribution in [1.29, 1.82) is 0 Å². The van der Waals surface area contributed by atoms with Crippen LogP contribution in [-0.2, 0) is 31.1 Å². The maximum absolute atomic E-state index is 13.9. The van der Waals surface area contributed by atoms with E-state index in [2.05, 4.69) is 25.6 Å². The number of nitrogens with zero attached hydrogens (tertiary/aromatic N) is 3. The number of sulfonamides is 1. The van der Waals surface area contributed by atoms with Crippen LogP contribution in [0.15, 0.2) is 76.8 Å². The SMILES string of the molecule is CC(=O)ON=C(N)c1ccc(C(=O)NCCCNC(=O)[C@@H]2CCCN2S(=O)(=O)c2ccc(Cl)c(COc3cccc4ccc(C)nc34)c2Cl)cc1. The molecule has 16 heteroatoms. The Bertz CT molecular complexity index is 2090. The van der Waals surface area contributed by atoms with E-state index < -0.39 is 27.9 Å². The highest BCUT2D eigenvalue weighted by atomic mass is 35.5. The number of benzene rings is 3. The van der Waals surface area contributed by atoms with Crippen LogP contribution in [0.1, 0.15) is 53.4 Å².